The van der Waals surface area contributed by atoms with E-state index in [4.69, 9.17) is 22.1 Å². The summed E-state index contributed by atoms with van der Waals surface area (Å²) in [6.45, 7) is 4.51. The Morgan fingerprint density at radius 2 is 2.00 bits per heavy atom. The molecule has 0 aliphatic rings. The summed E-state index contributed by atoms with van der Waals surface area (Å²) in [4.78, 5) is 0. The first-order valence-corrected chi connectivity index (χ1v) is 4.68. The molecular weight excluding hydrogens is 186 g/mol. The predicted molar refractivity (Wildman–Crippen MR) is 57.2 cm³/mol. The lowest BCUT2D eigenvalue weighted by Gasteiger charge is -2.03. The van der Waals surface area contributed by atoms with E-state index in [-0.39, 0.29) is 0 Å². The third kappa shape index (κ3) is 3.66. The van der Waals surface area contributed by atoms with E-state index in [2.05, 4.69) is 0 Å². The molecule has 1 rings (SSSR count). The second kappa shape index (κ2) is 6.75. The van der Waals surface area contributed by atoms with E-state index in [1.165, 1.54) is 0 Å². The summed E-state index contributed by atoms with van der Waals surface area (Å²) in [5, 5.41) is 0.615. The first-order valence-electron chi connectivity index (χ1n) is 4.30. The molecule has 0 saturated carbocycles. The van der Waals surface area contributed by atoms with Crippen LogP contribution in [0.15, 0.2) is 18.2 Å². The van der Waals surface area contributed by atoms with E-state index in [1.807, 2.05) is 26.0 Å². The smallest absolute Gasteiger partial charge is 0.137 e. The number of methoxy groups -OCH3 is 1. The second-order valence-electron chi connectivity index (χ2n) is 2.17. The standard InChI is InChI=1S/C8H10ClNO.C2H6/c1-11-8-4-6(5-10)2-3-7(8)9;1-2/h2-4H,5,10H2,1H3;1-2H3. The van der Waals surface area contributed by atoms with E-state index in [0.29, 0.717) is 17.3 Å². The van der Waals surface area contributed by atoms with E-state index < -0.39 is 0 Å². The summed E-state index contributed by atoms with van der Waals surface area (Å²) in [5.41, 5.74) is 6.44. The van der Waals surface area contributed by atoms with Crippen molar-refractivity contribution < 1.29 is 4.74 Å². The maximum Gasteiger partial charge on any atom is 0.137 e. The molecule has 0 bridgehead atoms. The molecule has 2 N–H and O–H groups in total. The molecule has 0 unspecified atom stereocenters. The third-order valence-electron chi connectivity index (χ3n) is 1.45. The molecule has 0 aromatic heterocycles. The Kier molecular flexibility index (Phi) is 6.37. The van der Waals surface area contributed by atoms with Gasteiger partial charge in [0.05, 0.1) is 12.1 Å². The van der Waals surface area contributed by atoms with E-state index >= 15 is 0 Å². The van der Waals surface area contributed by atoms with Gasteiger partial charge >= 0.3 is 0 Å². The van der Waals surface area contributed by atoms with Crippen LogP contribution in [0.4, 0.5) is 0 Å². The SMILES string of the molecule is CC.COc1cc(CN)ccc1Cl. The van der Waals surface area contributed by atoms with E-state index in [9.17, 15) is 0 Å². The van der Waals surface area contributed by atoms with Gasteiger partial charge in [0, 0.05) is 6.54 Å². The van der Waals surface area contributed by atoms with Crippen molar-refractivity contribution in [1.82, 2.24) is 0 Å². The van der Waals surface area contributed by atoms with Crippen LogP contribution in [0.1, 0.15) is 19.4 Å². The van der Waals surface area contributed by atoms with Crippen molar-refractivity contribution in [3.05, 3.63) is 28.8 Å². The fraction of sp³-hybridized carbons (Fsp3) is 0.400. The minimum atomic E-state index is 0.507. The molecule has 1 aromatic carbocycles. The lowest BCUT2D eigenvalue weighted by atomic mass is 10.2. The Balaban J connectivity index is 0.000000671. The van der Waals surface area contributed by atoms with Crippen LogP contribution in [0.3, 0.4) is 0 Å². The van der Waals surface area contributed by atoms with Gasteiger partial charge in [-0.3, -0.25) is 0 Å². The van der Waals surface area contributed by atoms with Gasteiger partial charge in [-0.15, -0.1) is 0 Å². The first-order chi connectivity index (χ1) is 6.27. The molecule has 74 valence electrons. The highest BCUT2D eigenvalue weighted by atomic mass is 35.5. The van der Waals surface area contributed by atoms with Crippen LogP contribution in [0.25, 0.3) is 0 Å². The van der Waals surface area contributed by atoms with Crippen molar-refractivity contribution in [3.63, 3.8) is 0 Å². The maximum absolute atomic E-state index is 5.79. The number of rotatable bonds is 2. The van der Waals surface area contributed by atoms with Gasteiger partial charge in [0.1, 0.15) is 5.75 Å². The van der Waals surface area contributed by atoms with Crippen molar-refractivity contribution in [2.75, 3.05) is 7.11 Å². The van der Waals surface area contributed by atoms with E-state index in [1.54, 1.807) is 13.2 Å². The maximum atomic E-state index is 5.79. The Morgan fingerprint density at radius 3 is 2.46 bits per heavy atom. The molecule has 0 fully saturated rings. The molecule has 3 heteroatoms. The van der Waals surface area contributed by atoms with Crippen molar-refractivity contribution in [2.45, 2.75) is 20.4 Å². The molecule has 0 spiro atoms. The summed E-state index contributed by atoms with van der Waals surface area (Å²) < 4.78 is 5.00. The molecule has 0 aliphatic heterocycles. The zero-order valence-corrected chi connectivity index (χ0v) is 9.06. The van der Waals surface area contributed by atoms with Gasteiger partial charge in [0.15, 0.2) is 0 Å². The normalized spacial score (nSPS) is 8.69. The predicted octanol–water partition coefficient (Wildman–Crippen LogP) is 2.83. The molecule has 0 radical (unpaired) electrons. The topological polar surface area (TPSA) is 35.2 Å². The summed E-state index contributed by atoms with van der Waals surface area (Å²) in [7, 11) is 1.58. The van der Waals surface area contributed by atoms with Crippen molar-refractivity contribution in [1.29, 1.82) is 0 Å². The van der Waals surface area contributed by atoms with Gasteiger partial charge in [0.25, 0.3) is 0 Å². The Bertz CT molecular complexity index is 251. The van der Waals surface area contributed by atoms with Crippen LogP contribution in [-0.4, -0.2) is 7.11 Å². The number of ether oxygens (including phenoxy) is 1. The first kappa shape index (κ1) is 12.3. The molecule has 13 heavy (non-hydrogen) atoms. The minimum absolute atomic E-state index is 0.507. The third-order valence-corrected chi connectivity index (χ3v) is 1.76. The van der Waals surface area contributed by atoms with Gasteiger partial charge in [0.2, 0.25) is 0 Å². The largest absolute Gasteiger partial charge is 0.495 e. The van der Waals surface area contributed by atoms with Crippen LogP contribution in [0.5, 0.6) is 5.75 Å². The van der Waals surface area contributed by atoms with Crippen molar-refractivity contribution in [3.8, 4) is 5.75 Å². The molecule has 0 aliphatic carbocycles. The fourth-order valence-electron chi connectivity index (χ4n) is 0.831. The van der Waals surface area contributed by atoms with Gasteiger partial charge in [-0.2, -0.15) is 0 Å². The van der Waals surface area contributed by atoms with Crippen LogP contribution >= 0.6 is 11.6 Å². The zero-order chi connectivity index (χ0) is 10.3. The Morgan fingerprint density at radius 1 is 1.38 bits per heavy atom. The molecule has 0 heterocycles. The van der Waals surface area contributed by atoms with Crippen molar-refractivity contribution in [2.24, 2.45) is 5.73 Å². The second-order valence-corrected chi connectivity index (χ2v) is 2.58. The van der Waals surface area contributed by atoms with Gasteiger partial charge < -0.3 is 10.5 Å². The number of benzene rings is 1. The molecular formula is C10H16ClNO. The fourth-order valence-corrected chi connectivity index (χ4v) is 1.03. The summed E-state index contributed by atoms with van der Waals surface area (Å²) in [5.74, 6) is 0.676. The highest BCUT2D eigenvalue weighted by molar-refractivity contribution is 6.32. The van der Waals surface area contributed by atoms with Gasteiger partial charge in [-0.1, -0.05) is 31.5 Å². The molecule has 0 saturated heterocycles. The monoisotopic (exact) mass is 201 g/mol. The summed E-state index contributed by atoms with van der Waals surface area (Å²) in [6, 6.07) is 5.50. The number of hydrogen-bond donors (Lipinski definition) is 1. The average molecular weight is 202 g/mol. The molecule has 0 amide bonds. The van der Waals surface area contributed by atoms with Crippen molar-refractivity contribution >= 4 is 11.6 Å². The molecule has 2 nitrogen and oxygen atoms in total. The highest BCUT2D eigenvalue weighted by Gasteiger charge is 1.99. The highest BCUT2D eigenvalue weighted by Crippen LogP contribution is 2.24. The van der Waals surface area contributed by atoms with Crippen LogP contribution in [0.2, 0.25) is 5.02 Å². The number of hydrogen-bond acceptors (Lipinski definition) is 2. The number of halogens is 1. The molecule has 1 aromatic rings. The quantitative estimate of drug-likeness (QED) is 0.799. The summed E-state index contributed by atoms with van der Waals surface area (Å²) in [6.07, 6.45) is 0. The van der Waals surface area contributed by atoms with Gasteiger partial charge in [-0.05, 0) is 17.7 Å². The zero-order valence-electron chi connectivity index (χ0n) is 8.30. The summed E-state index contributed by atoms with van der Waals surface area (Å²) >= 11 is 5.79. The minimum Gasteiger partial charge on any atom is -0.495 e. The van der Waals surface area contributed by atoms with E-state index in [0.717, 1.165) is 5.56 Å². The molecule has 0 atom stereocenters. The average Bonchev–Trinajstić information content (AvgIpc) is 2.22. The number of nitrogens with two attached hydrogens (primary N) is 1. The lowest BCUT2D eigenvalue weighted by Crippen LogP contribution is -1.96. The lowest BCUT2D eigenvalue weighted by molar-refractivity contribution is 0.414. The van der Waals surface area contributed by atoms with Crippen LogP contribution in [-0.2, 0) is 6.54 Å². The van der Waals surface area contributed by atoms with Crippen LogP contribution < -0.4 is 10.5 Å². The Labute approximate surface area is 84.7 Å². The Hall–Kier alpha value is -0.730. The van der Waals surface area contributed by atoms with Gasteiger partial charge in [-0.25, -0.2) is 0 Å². The van der Waals surface area contributed by atoms with Crippen LogP contribution in [0, 0.1) is 0 Å².